The lowest BCUT2D eigenvalue weighted by molar-refractivity contribution is -0.127. The molecule has 2 nitrogen and oxygen atoms in total. The van der Waals surface area contributed by atoms with Gasteiger partial charge in [-0.15, -0.1) is 11.6 Å². The minimum absolute atomic E-state index is 0.104. The number of rotatable bonds is 0. The summed E-state index contributed by atoms with van der Waals surface area (Å²) >= 11 is 10.4. The third-order valence-corrected chi connectivity index (χ3v) is 8.58. The summed E-state index contributed by atoms with van der Waals surface area (Å²) in [5, 5.41) is 11.0. The van der Waals surface area contributed by atoms with Crippen LogP contribution in [0.1, 0.15) is 47.5 Å². The minimum atomic E-state index is -0.451. The Bertz CT molecular complexity index is 487. The smallest absolute Gasteiger partial charge is 0.106 e. The summed E-state index contributed by atoms with van der Waals surface area (Å²) in [6.45, 7) is 10.8. The van der Waals surface area contributed by atoms with Crippen LogP contribution >= 0.6 is 27.5 Å². The van der Waals surface area contributed by atoms with Gasteiger partial charge in [0.15, 0.2) is 0 Å². The minimum Gasteiger partial charge on any atom is -0.392 e. The van der Waals surface area contributed by atoms with Gasteiger partial charge in [0.05, 0.1) is 11.0 Å². The van der Waals surface area contributed by atoms with Crippen molar-refractivity contribution < 1.29 is 9.84 Å². The Balaban J connectivity index is 2.13. The zero-order valence-electron chi connectivity index (χ0n) is 12.8. The molecule has 6 atom stereocenters. The molecule has 0 unspecified atom stereocenters. The summed E-state index contributed by atoms with van der Waals surface area (Å²) in [5.74, 6) is 0. The Kier molecular flexibility index (Phi) is 3.09. The number of hydrogen-bond acceptors (Lipinski definition) is 2. The third kappa shape index (κ3) is 1.59. The molecule has 3 rings (SSSR count). The fourth-order valence-electron chi connectivity index (χ4n) is 4.71. The second-order valence-electron chi connectivity index (χ2n) is 7.76. The van der Waals surface area contributed by atoms with E-state index >= 15 is 0 Å². The summed E-state index contributed by atoms with van der Waals surface area (Å²) in [7, 11) is 0. The summed E-state index contributed by atoms with van der Waals surface area (Å²) in [6, 6.07) is 0. The van der Waals surface area contributed by atoms with Crippen molar-refractivity contribution in [3.63, 3.8) is 0 Å². The van der Waals surface area contributed by atoms with Crippen molar-refractivity contribution in [1.82, 2.24) is 0 Å². The molecule has 2 aliphatic carbocycles. The molecule has 1 saturated heterocycles. The lowest BCUT2D eigenvalue weighted by atomic mass is 9.46. The SMILES string of the molecule is CC1=C[C@H]2O[C@@]2(C)[C@]2(C[C@H](Br)[C@@](C)(Cl)C[C@@H]2O)C1(C)C. The van der Waals surface area contributed by atoms with Gasteiger partial charge in [-0.3, -0.25) is 0 Å². The van der Waals surface area contributed by atoms with Gasteiger partial charge in [0, 0.05) is 10.2 Å². The topological polar surface area (TPSA) is 32.8 Å². The molecule has 1 aliphatic heterocycles. The lowest BCUT2D eigenvalue weighted by Gasteiger charge is -2.60. The third-order valence-electron chi connectivity index (χ3n) is 6.56. The normalized spacial score (nSPS) is 57.2. The van der Waals surface area contributed by atoms with Crippen molar-refractivity contribution in [2.45, 2.75) is 75.0 Å². The van der Waals surface area contributed by atoms with Crippen LogP contribution in [0, 0.1) is 10.8 Å². The van der Waals surface area contributed by atoms with Gasteiger partial charge in [-0.2, -0.15) is 0 Å². The average Bonchev–Trinajstić information content (AvgIpc) is 2.94. The predicted octanol–water partition coefficient (Wildman–Crippen LogP) is 4.03. The van der Waals surface area contributed by atoms with E-state index in [0.29, 0.717) is 6.42 Å². The molecular formula is C16H24BrClO2. The van der Waals surface area contributed by atoms with Crippen LogP contribution in [0.25, 0.3) is 0 Å². The van der Waals surface area contributed by atoms with Gasteiger partial charge in [-0.05, 0) is 39.0 Å². The molecule has 3 aliphatic rings. The maximum Gasteiger partial charge on any atom is 0.106 e. The zero-order chi connectivity index (χ0) is 15.1. The molecule has 1 heterocycles. The Labute approximate surface area is 135 Å². The van der Waals surface area contributed by atoms with Gasteiger partial charge in [-0.25, -0.2) is 0 Å². The van der Waals surface area contributed by atoms with E-state index in [9.17, 15) is 5.11 Å². The number of fused-ring (bicyclic) bond motifs is 2. The highest BCUT2D eigenvalue weighted by molar-refractivity contribution is 9.09. The second-order valence-corrected chi connectivity index (χ2v) is 9.73. The van der Waals surface area contributed by atoms with Gasteiger partial charge >= 0.3 is 0 Å². The fraction of sp³-hybridized carbons (Fsp3) is 0.875. The van der Waals surface area contributed by atoms with E-state index in [4.69, 9.17) is 16.3 Å². The first-order valence-corrected chi connectivity index (χ1v) is 8.66. The highest BCUT2D eigenvalue weighted by Gasteiger charge is 2.76. The number of halogens is 2. The summed E-state index contributed by atoms with van der Waals surface area (Å²) in [5.41, 5.74) is 0.656. The van der Waals surface area contributed by atoms with Crippen LogP contribution < -0.4 is 0 Å². The van der Waals surface area contributed by atoms with Crippen molar-refractivity contribution >= 4 is 27.5 Å². The van der Waals surface area contributed by atoms with Crippen LogP contribution in [0.4, 0.5) is 0 Å². The number of epoxide rings is 1. The average molecular weight is 364 g/mol. The van der Waals surface area contributed by atoms with Gasteiger partial charge < -0.3 is 9.84 Å². The van der Waals surface area contributed by atoms with Crippen molar-refractivity contribution in [3.05, 3.63) is 11.6 Å². The molecule has 1 N–H and O–H groups in total. The first-order chi connectivity index (χ1) is 8.99. The van der Waals surface area contributed by atoms with Crippen molar-refractivity contribution in [2.75, 3.05) is 0 Å². The first-order valence-electron chi connectivity index (χ1n) is 7.37. The molecule has 0 bridgehead atoms. The Morgan fingerprint density at radius 1 is 1.30 bits per heavy atom. The van der Waals surface area contributed by atoms with E-state index in [2.05, 4.69) is 49.7 Å². The monoisotopic (exact) mass is 362 g/mol. The maximum atomic E-state index is 11.0. The van der Waals surface area contributed by atoms with E-state index in [-0.39, 0.29) is 27.4 Å². The molecular weight excluding hydrogens is 340 g/mol. The number of aliphatic hydroxyl groups is 1. The maximum absolute atomic E-state index is 11.0. The molecule has 1 saturated carbocycles. The predicted molar refractivity (Wildman–Crippen MR) is 85.5 cm³/mol. The van der Waals surface area contributed by atoms with Crippen LogP contribution in [-0.4, -0.2) is 32.6 Å². The second kappa shape index (κ2) is 4.04. The van der Waals surface area contributed by atoms with Gasteiger partial charge in [0.25, 0.3) is 0 Å². The zero-order valence-corrected chi connectivity index (χ0v) is 15.2. The van der Waals surface area contributed by atoms with E-state index in [1.165, 1.54) is 5.57 Å². The van der Waals surface area contributed by atoms with Crippen LogP contribution in [0.2, 0.25) is 0 Å². The number of alkyl halides is 2. The van der Waals surface area contributed by atoms with Gasteiger partial charge in [0.2, 0.25) is 0 Å². The van der Waals surface area contributed by atoms with Crippen LogP contribution in [0.15, 0.2) is 11.6 Å². The summed E-state index contributed by atoms with van der Waals surface area (Å²) in [4.78, 5) is -0.233. The van der Waals surface area contributed by atoms with Gasteiger partial charge in [-0.1, -0.05) is 41.4 Å². The molecule has 0 aromatic rings. The van der Waals surface area contributed by atoms with Crippen molar-refractivity contribution in [2.24, 2.45) is 10.8 Å². The van der Waals surface area contributed by atoms with Crippen molar-refractivity contribution in [1.29, 1.82) is 0 Å². The highest BCUT2D eigenvalue weighted by atomic mass is 79.9. The number of ether oxygens (including phenoxy) is 1. The van der Waals surface area contributed by atoms with Crippen LogP contribution in [-0.2, 0) is 4.74 Å². The molecule has 0 aromatic heterocycles. The van der Waals surface area contributed by atoms with E-state index in [0.717, 1.165) is 6.42 Å². The van der Waals surface area contributed by atoms with Crippen molar-refractivity contribution in [3.8, 4) is 0 Å². The summed E-state index contributed by atoms with van der Waals surface area (Å²) in [6.07, 6.45) is 3.35. The molecule has 4 heteroatoms. The molecule has 114 valence electrons. The Morgan fingerprint density at radius 3 is 2.50 bits per heavy atom. The number of allylic oxidation sites excluding steroid dienone is 1. The van der Waals surface area contributed by atoms with Crippen LogP contribution in [0.3, 0.4) is 0 Å². The fourth-order valence-corrected chi connectivity index (χ4v) is 5.63. The standard InChI is InChI=1S/C16H24BrClO2/c1-9-6-12-15(5,20-12)16(13(9,2)3)7-10(17)14(4,18)8-11(16)19/h6,10-12,19H,7-8H2,1-5H3/t10-,11-,12+,14-,15+,16-/m0/s1. The van der Waals surface area contributed by atoms with Gasteiger partial charge in [0.1, 0.15) is 11.7 Å². The number of hydrogen-bond donors (Lipinski definition) is 1. The molecule has 2 fully saturated rings. The Morgan fingerprint density at radius 2 is 1.90 bits per heavy atom. The highest BCUT2D eigenvalue weighted by Crippen LogP contribution is 2.71. The molecule has 0 radical (unpaired) electrons. The lowest BCUT2D eigenvalue weighted by Crippen LogP contribution is -2.64. The summed E-state index contributed by atoms with van der Waals surface area (Å²) < 4.78 is 6.05. The largest absolute Gasteiger partial charge is 0.392 e. The Hall–Kier alpha value is 0.430. The van der Waals surface area contributed by atoms with E-state index < -0.39 is 11.0 Å². The van der Waals surface area contributed by atoms with E-state index in [1.54, 1.807) is 0 Å². The molecule has 20 heavy (non-hydrogen) atoms. The molecule has 0 amide bonds. The van der Waals surface area contributed by atoms with E-state index in [1.807, 2.05) is 6.92 Å². The molecule has 1 spiro atoms. The molecule has 0 aromatic carbocycles. The quantitative estimate of drug-likeness (QED) is 0.400. The van der Waals surface area contributed by atoms with Crippen LogP contribution in [0.5, 0.6) is 0 Å². The first kappa shape index (κ1) is 15.3. The number of aliphatic hydroxyl groups excluding tert-OH is 1.